The summed E-state index contributed by atoms with van der Waals surface area (Å²) in [6, 6.07) is 10.7. The zero-order valence-corrected chi connectivity index (χ0v) is 13.0. The van der Waals surface area contributed by atoms with Gasteiger partial charge in [0.25, 0.3) is 0 Å². The summed E-state index contributed by atoms with van der Waals surface area (Å²) >= 11 is 1.73. The summed E-state index contributed by atoms with van der Waals surface area (Å²) in [4.78, 5) is 4.73. The summed E-state index contributed by atoms with van der Waals surface area (Å²) in [5, 5.41) is 6.75. The van der Waals surface area contributed by atoms with E-state index in [0.717, 1.165) is 36.9 Å². The lowest BCUT2D eigenvalue weighted by Gasteiger charge is -2.16. The zero-order valence-electron chi connectivity index (χ0n) is 12.1. The third kappa shape index (κ3) is 4.40. The Kier molecular flexibility index (Phi) is 6.18. The van der Waals surface area contributed by atoms with E-state index in [1.54, 1.807) is 11.3 Å². The lowest BCUT2D eigenvalue weighted by Crippen LogP contribution is -2.35. The number of hydrogen-bond donors (Lipinski definition) is 1. The van der Waals surface area contributed by atoms with E-state index >= 15 is 0 Å². The quantitative estimate of drug-likeness (QED) is 0.809. The van der Waals surface area contributed by atoms with E-state index in [2.05, 4.69) is 29.8 Å². The highest BCUT2D eigenvalue weighted by Crippen LogP contribution is 2.22. The fourth-order valence-electron chi connectivity index (χ4n) is 2.10. The number of hydrogen-bond acceptors (Lipinski definition) is 4. The van der Waals surface area contributed by atoms with E-state index in [4.69, 9.17) is 9.72 Å². The lowest BCUT2D eigenvalue weighted by atomic mass is 10.2. The highest BCUT2D eigenvalue weighted by molar-refractivity contribution is 7.09. The topological polar surface area (TPSA) is 34.1 Å². The van der Waals surface area contributed by atoms with Crippen LogP contribution in [0.1, 0.15) is 18.9 Å². The number of thiazole rings is 1. The molecule has 20 heavy (non-hydrogen) atoms. The van der Waals surface area contributed by atoms with Gasteiger partial charge in [-0.1, -0.05) is 37.3 Å². The first kappa shape index (κ1) is 15.2. The molecule has 0 spiro atoms. The Labute approximate surface area is 125 Å². The van der Waals surface area contributed by atoms with E-state index in [1.807, 2.05) is 25.1 Å². The molecule has 0 aliphatic heterocycles. The van der Waals surface area contributed by atoms with Crippen LogP contribution in [0.4, 0.5) is 0 Å². The number of aromatic nitrogens is 1. The SMILES string of the molecule is CCNC(COCC)Cc1nc(-c2ccccc2)cs1. The van der Waals surface area contributed by atoms with Crippen molar-refractivity contribution in [3.05, 3.63) is 40.7 Å². The molecule has 1 aromatic carbocycles. The molecule has 0 saturated heterocycles. The molecule has 0 bridgehead atoms. The first-order valence-corrected chi connectivity index (χ1v) is 8.02. The molecule has 1 aromatic heterocycles. The van der Waals surface area contributed by atoms with Gasteiger partial charge in [0.15, 0.2) is 0 Å². The molecule has 2 aromatic rings. The molecular weight excluding hydrogens is 268 g/mol. The van der Waals surface area contributed by atoms with Crippen LogP contribution in [0.15, 0.2) is 35.7 Å². The fraction of sp³-hybridized carbons (Fsp3) is 0.438. The molecule has 1 unspecified atom stereocenters. The minimum Gasteiger partial charge on any atom is -0.380 e. The number of benzene rings is 1. The van der Waals surface area contributed by atoms with E-state index < -0.39 is 0 Å². The highest BCUT2D eigenvalue weighted by atomic mass is 32.1. The standard InChI is InChI=1S/C16H22N2OS/c1-3-17-14(11-19-4-2)10-16-18-15(12-20-16)13-8-6-5-7-9-13/h5-9,12,14,17H,3-4,10-11H2,1-2H3. The Morgan fingerprint density at radius 1 is 1.25 bits per heavy atom. The normalized spacial score (nSPS) is 12.5. The Balaban J connectivity index is 2.00. The first-order chi connectivity index (χ1) is 9.83. The second-order valence-electron chi connectivity index (χ2n) is 4.61. The van der Waals surface area contributed by atoms with Crippen LogP contribution in [-0.4, -0.2) is 30.8 Å². The van der Waals surface area contributed by atoms with Crippen molar-refractivity contribution in [2.24, 2.45) is 0 Å². The maximum atomic E-state index is 5.53. The summed E-state index contributed by atoms with van der Waals surface area (Å²) in [6.45, 7) is 6.60. The predicted octanol–water partition coefficient (Wildman–Crippen LogP) is 3.37. The largest absolute Gasteiger partial charge is 0.380 e. The van der Waals surface area contributed by atoms with Crippen molar-refractivity contribution in [2.45, 2.75) is 26.3 Å². The molecule has 2 rings (SSSR count). The van der Waals surface area contributed by atoms with Crippen LogP contribution in [-0.2, 0) is 11.2 Å². The minimum absolute atomic E-state index is 0.342. The average molecular weight is 290 g/mol. The molecule has 1 heterocycles. The molecule has 0 aliphatic carbocycles. The average Bonchev–Trinajstić information content (AvgIpc) is 2.94. The number of nitrogens with one attached hydrogen (secondary N) is 1. The Bertz CT molecular complexity index is 498. The van der Waals surface area contributed by atoms with E-state index in [1.165, 1.54) is 5.56 Å². The van der Waals surface area contributed by atoms with Crippen molar-refractivity contribution >= 4 is 11.3 Å². The first-order valence-electron chi connectivity index (χ1n) is 7.14. The van der Waals surface area contributed by atoms with Gasteiger partial charge in [-0.05, 0) is 13.5 Å². The van der Waals surface area contributed by atoms with Crippen molar-refractivity contribution in [3.8, 4) is 11.3 Å². The van der Waals surface area contributed by atoms with Crippen molar-refractivity contribution in [1.82, 2.24) is 10.3 Å². The third-order valence-corrected chi connectivity index (χ3v) is 3.93. The van der Waals surface area contributed by atoms with Crippen LogP contribution in [0.3, 0.4) is 0 Å². The van der Waals surface area contributed by atoms with Gasteiger partial charge in [0.2, 0.25) is 0 Å². The zero-order chi connectivity index (χ0) is 14.2. The van der Waals surface area contributed by atoms with Gasteiger partial charge >= 0.3 is 0 Å². The highest BCUT2D eigenvalue weighted by Gasteiger charge is 2.12. The van der Waals surface area contributed by atoms with Gasteiger partial charge in [0.1, 0.15) is 0 Å². The number of nitrogens with zero attached hydrogens (tertiary/aromatic N) is 1. The van der Waals surface area contributed by atoms with Crippen molar-refractivity contribution in [2.75, 3.05) is 19.8 Å². The smallest absolute Gasteiger partial charge is 0.0949 e. The molecule has 0 saturated carbocycles. The third-order valence-electron chi connectivity index (χ3n) is 3.06. The molecule has 0 fully saturated rings. The van der Waals surface area contributed by atoms with Crippen molar-refractivity contribution < 1.29 is 4.74 Å². The summed E-state index contributed by atoms with van der Waals surface area (Å²) < 4.78 is 5.53. The second kappa shape index (κ2) is 8.15. The fourth-order valence-corrected chi connectivity index (χ4v) is 2.98. The summed E-state index contributed by atoms with van der Waals surface area (Å²) in [5.74, 6) is 0. The summed E-state index contributed by atoms with van der Waals surface area (Å²) in [5.41, 5.74) is 2.25. The molecular formula is C16H22N2OS. The van der Waals surface area contributed by atoms with Crippen LogP contribution in [0.5, 0.6) is 0 Å². The number of ether oxygens (including phenoxy) is 1. The monoisotopic (exact) mass is 290 g/mol. The predicted molar refractivity (Wildman–Crippen MR) is 85.2 cm³/mol. The van der Waals surface area contributed by atoms with Crippen LogP contribution >= 0.6 is 11.3 Å². The van der Waals surface area contributed by atoms with Gasteiger partial charge in [-0.3, -0.25) is 0 Å². The minimum atomic E-state index is 0.342. The molecule has 0 amide bonds. The van der Waals surface area contributed by atoms with Gasteiger partial charge < -0.3 is 10.1 Å². The van der Waals surface area contributed by atoms with Crippen molar-refractivity contribution in [1.29, 1.82) is 0 Å². The molecule has 108 valence electrons. The van der Waals surface area contributed by atoms with E-state index in [0.29, 0.717) is 6.04 Å². The maximum absolute atomic E-state index is 5.53. The van der Waals surface area contributed by atoms with Gasteiger partial charge in [-0.25, -0.2) is 4.98 Å². The van der Waals surface area contributed by atoms with Crippen molar-refractivity contribution in [3.63, 3.8) is 0 Å². The van der Waals surface area contributed by atoms with Gasteiger partial charge in [0, 0.05) is 30.0 Å². The second-order valence-corrected chi connectivity index (χ2v) is 5.55. The maximum Gasteiger partial charge on any atom is 0.0949 e. The Morgan fingerprint density at radius 2 is 2.05 bits per heavy atom. The number of rotatable bonds is 8. The van der Waals surface area contributed by atoms with Crippen LogP contribution in [0.25, 0.3) is 11.3 Å². The molecule has 4 heteroatoms. The molecule has 1 atom stereocenters. The Hall–Kier alpha value is -1.23. The summed E-state index contributed by atoms with van der Waals surface area (Å²) in [6.07, 6.45) is 0.922. The molecule has 3 nitrogen and oxygen atoms in total. The van der Waals surface area contributed by atoms with Gasteiger partial charge in [-0.15, -0.1) is 11.3 Å². The van der Waals surface area contributed by atoms with Crippen LogP contribution in [0, 0.1) is 0 Å². The Morgan fingerprint density at radius 3 is 2.75 bits per heavy atom. The van der Waals surface area contributed by atoms with Crippen LogP contribution in [0.2, 0.25) is 0 Å². The van der Waals surface area contributed by atoms with Gasteiger partial charge in [0.05, 0.1) is 17.3 Å². The van der Waals surface area contributed by atoms with Gasteiger partial charge in [-0.2, -0.15) is 0 Å². The lowest BCUT2D eigenvalue weighted by molar-refractivity contribution is 0.123. The molecule has 0 aliphatic rings. The molecule has 1 N–H and O–H groups in total. The van der Waals surface area contributed by atoms with E-state index in [-0.39, 0.29) is 0 Å². The summed E-state index contributed by atoms with van der Waals surface area (Å²) in [7, 11) is 0. The number of likely N-dealkylation sites (N-methyl/N-ethyl adjacent to an activating group) is 1. The van der Waals surface area contributed by atoms with E-state index in [9.17, 15) is 0 Å². The van der Waals surface area contributed by atoms with Crippen LogP contribution < -0.4 is 5.32 Å². The molecule has 0 radical (unpaired) electrons.